The van der Waals surface area contributed by atoms with Crippen molar-refractivity contribution in [2.45, 2.75) is 32.0 Å². The van der Waals surface area contributed by atoms with E-state index in [1.54, 1.807) is 0 Å². The maximum atomic E-state index is 12.3. The van der Waals surface area contributed by atoms with E-state index in [2.05, 4.69) is 16.9 Å². The van der Waals surface area contributed by atoms with E-state index in [1.165, 1.54) is 6.20 Å². The molecule has 1 fully saturated rings. The fourth-order valence-electron chi connectivity index (χ4n) is 2.01. The van der Waals surface area contributed by atoms with Crippen molar-refractivity contribution < 1.29 is 13.2 Å². The summed E-state index contributed by atoms with van der Waals surface area (Å²) in [6.45, 7) is 2.16. The van der Waals surface area contributed by atoms with Gasteiger partial charge in [0.15, 0.2) is 5.69 Å². The first-order valence-electron chi connectivity index (χ1n) is 5.50. The van der Waals surface area contributed by atoms with Gasteiger partial charge in [0.25, 0.3) is 0 Å². The summed E-state index contributed by atoms with van der Waals surface area (Å²) >= 11 is 0. The van der Waals surface area contributed by atoms with Gasteiger partial charge in [-0.3, -0.25) is 0 Å². The number of hydrogen-bond donors (Lipinski definition) is 0. The fourth-order valence-corrected chi connectivity index (χ4v) is 2.01. The minimum atomic E-state index is -4.42. The van der Waals surface area contributed by atoms with E-state index in [1.807, 2.05) is 11.9 Å². The number of anilines is 1. The van der Waals surface area contributed by atoms with Crippen molar-refractivity contribution in [3.05, 3.63) is 18.1 Å². The largest absolute Gasteiger partial charge is 0.434 e. The van der Waals surface area contributed by atoms with Crippen molar-refractivity contribution in [2.24, 2.45) is 5.92 Å². The molecular weight excluding hydrogens is 231 g/mol. The third-order valence-electron chi connectivity index (χ3n) is 3.19. The fraction of sp³-hybridized carbons (Fsp3) is 0.636. The zero-order valence-electron chi connectivity index (χ0n) is 9.70. The summed E-state index contributed by atoms with van der Waals surface area (Å²) in [4.78, 5) is 9.11. The third-order valence-corrected chi connectivity index (χ3v) is 3.19. The number of halogens is 3. The quantitative estimate of drug-likeness (QED) is 0.802. The highest BCUT2D eigenvalue weighted by Gasteiger charge is 2.34. The minimum Gasteiger partial charge on any atom is -0.355 e. The SMILES string of the molecule is CN(c1cnc(C(F)(F)F)cn1)[C@H]1C[C@H](C)C1. The van der Waals surface area contributed by atoms with Gasteiger partial charge in [0.2, 0.25) is 0 Å². The summed E-state index contributed by atoms with van der Waals surface area (Å²) < 4.78 is 36.9. The Hall–Kier alpha value is -1.33. The smallest absolute Gasteiger partial charge is 0.355 e. The molecule has 0 aromatic carbocycles. The molecule has 1 aliphatic rings. The summed E-state index contributed by atoms with van der Waals surface area (Å²) in [5.74, 6) is 1.18. The molecule has 0 spiro atoms. The van der Waals surface area contributed by atoms with E-state index in [0.717, 1.165) is 19.0 Å². The molecule has 2 rings (SSSR count). The Labute approximate surface area is 97.7 Å². The molecule has 0 unspecified atom stereocenters. The molecule has 0 radical (unpaired) electrons. The number of hydrogen-bond acceptors (Lipinski definition) is 3. The maximum Gasteiger partial charge on any atom is 0.434 e. The van der Waals surface area contributed by atoms with Gasteiger partial charge in [0.1, 0.15) is 5.82 Å². The Balaban J connectivity index is 2.07. The lowest BCUT2D eigenvalue weighted by molar-refractivity contribution is -0.141. The van der Waals surface area contributed by atoms with Crippen LogP contribution in [0.15, 0.2) is 12.4 Å². The van der Waals surface area contributed by atoms with Crippen LogP contribution in [-0.2, 0) is 6.18 Å². The molecule has 0 saturated heterocycles. The van der Waals surface area contributed by atoms with E-state index in [9.17, 15) is 13.2 Å². The van der Waals surface area contributed by atoms with Gasteiger partial charge in [-0.1, -0.05) is 6.92 Å². The van der Waals surface area contributed by atoms with Crippen LogP contribution in [0.5, 0.6) is 0 Å². The van der Waals surface area contributed by atoms with Crippen LogP contribution in [0.1, 0.15) is 25.5 Å². The van der Waals surface area contributed by atoms with Crippen molar-refractivity contribution >= 4 is 5.82 Å². The Morgan fingerprint density at radius 3 is 2.29 bits per heavy atom. The van der Waals surface area contributed by atoms with Gasteiger partial charge in [0, 0.05) is 13.1 Å². The summed E-state index contributed by atoms with van der Waals surface area (Å²) in [7, 11) is 1.84. The molecule has 1 aromatic heterocycles. The van der Waals surface area contributed by atoms with Crippen molar-refractivity contribution in [3.8, 4) is 0 Å². The number of aromatic nitrogens is 2. The van der Waals surface area contributed by atoms with Crippen molar-refractivity contribution in [3.63, 3.8) is 0 Å². The third kappa shape index (κ3) is 2.50. The van der Waals surface area contributed by atoms with Gasteiger partial charge in [0.05, 0.1) is 12.4 Å². The monoisotopic (exact) mass is 245 g/mol. The van der Waals surface area contributed by atoms with Crippen LogP contribution in [0.4, 0.5) is 19.0 Å². The molecule has 0 atom stereocenters. The van der Waals surface area contributed by atoms with Crippen LogP contribution in [0, 0.1) is 5.92 Å². The second-order valence-electron chi connectivity index (χ2n) is 4.60. The predicted octanol–water partition coefficient (Wildman–Crippen LogP) is 2.73. The van der Waals surface area contributed by atoms with Crippen LogP contribution < -0.4 is 4.90 Å². The average molecular weight is 245 g/mol. The minimum absolute atomic E-state index is 0.371. The molecule has 1 aromatic rings. The van der Waals surface area contributed by atoms with E-state index < -0.39 is 11.9 Å². The van der Waals surface area contributed by atoms with E-state index >= 15 is 0 Å². The first kappa shape index (κ1) is 12.1. The van der Waals surface area contributed by atoms with Crippen molar-refractivity contribution in [1.82, 2.24) is 9.97 Å². The van der Waals surface area contributed by atoms with Gasteiger partial charge >= 0.3 is 6.18 Å². The molecule has 1 saturated carbocycles. The zero-order chi connectivity index (χ0) is 12.6. The standard InChI is InChI=1S/C11H14F3N3/c1-7-3-8(4-7)17(2)10-6-15-9(5-16-10)11(12,13)14/h5-8H,3-4H2,1-2H3/t7-,8-. The highest BCUT2D eigenvalue weighted by Crippen LogP contribution is 2.33. The van der Waals surface area contributed by atoms with Gasteiger partial charge in [-0.05, 0) is 18.8 Å². The zero-order valence-corrected chi connectivity index (χ0v) is 9.70. The van der Waals surface area contributed by atoms with E-state index in [4.69, 9.17) is 0 Å². The normalized spacial score (nSPS) is 24.3. The molecule has 3 nitrogen and oxygen atoms in total. The molecule has 1 heterocycles. The first-order valence-corrected chi connectivity index (χ1v) is 5.50. The summed E-state index contributed by atoms with van der Waals surface area (Å²) in [5, 5.41) is 0. The lowest BCUT2D eigenvalue weighted by Crippen LogP contribution is -2.42. The highest BCUT2D eigenvalue weighted by molar-refractivity contribution is 5.37. The van der Waals surface area contributed by atoms with E-state index in [0.29, 0.717) is 17.8 Å². The summed E-state index contributed by atoms with van der Waals surface area (Å²) in [5.41, 5.74) is -0.948. The van der Waals surface area contributed by atoms with Crippen molar-refractivity contribution in [2.75, 3.05) is 11.9 Å². The maximum absolute atomic E-state index is 12.3. The molecule has 6 heteroatoms. The summed E-state index contributed by atoms with van der Waals surface area (Å²) in [6, 6.07) is 0.371. The number of rotatable bonds is 2. The van der Waals surface area contributed by atoms with Crippen LogP contribution in [-0.4, -0.2) is 23.1 Å². The predicted molar refractivity (Wildman–Crippen MR) is 57.6 cm³/mol. The van der Waals surface area contributed by atoms with E-state index in [-0.39, 0.29) is 0 Å². The second-order valence-corrected chi connectivity index (χ2v) is 4.60. The number of nitrogens with zero attached hydrogens (tertiary/aromatic N) is 3. The van der Waals surface area contributed by atoms with Gasteiger partial charge in [-0.2, -0.15) is 13.2 Å². The average Bonchev–Trinajstić information content (AvgIpc) is 2.23. The Morgan fingerprint density at radius 1 is 1.24 bits per heavy atom. The molecule has 94 valence electrons. The molecule has 0 aliphatic heterocycles. The van der Waals surface area contributed by atoms with Crippen LogP contribution in [0.25, 0.3) is 0 Å². The topological polar surface area (TPSA) is 29.0 Å². The molecule has 0 bridgehead atoms. The van der Waals surface area contributed by atoms with Crippen LogP contribution in [0.3, 0.4) is 0 Å². The number of alkyl halides is 3. The van der Waals surface area contributed by atoms with Crippen molar-refractivity contribution in [1.29, 1.82) is 0 Å². The molecular formula is C11H14F3N3. The van der Waals surface area contributed by atoms with Gasteiger partial charge in [-0.15, -0.1) is 0 Å². The molecule has 0 amide bonds. The summed E-state index contributed by atoms with van der Waals surface area (Å²) in [6.07, 6.45) is -0.340. The van der Waals surface area contributed by atoms with Crippen LogP contribution in [0.2, 0.25) is 0 Å². The first-order chi connectivity index (χ1) is 7.88. The highest BCUT2D eigenvalue weighted by atomic mass is 19.4. The molecule has 0 N–H and O–H groups in total. The molecule has 17 heavy (non-hydrogen) atoms. The van der Waals surface area contributed by atoms with Crippen LogP contribution >= 0.6 is 0 Å². The Kier molecular flexibility index (Phi) is 2.97. The lowest BCUT2D eigenvalue weighted by atomic mass is 9.81. The second kappa shape index (κ2) is 4.16. The van der Waals surface area contributed by atoms with Gasteiger partial charge < -0.3 is 4.90 Å². The molecule has 1 aliphatic carbocycles. The lowest BCUT2D eigenvalue weighted by Gasteiger charge is -2.40. The van der Waals surface area contributed by atoms with Gasteiger partial charge in [-0.25, -0.2) is 9.97 Å². The Bertz CT molecular complexity index is 382. The Morgan fingerprint density at radius 2 is 1.88 bits per heavy atom.